The van der Waals surface area contributed by atoms with Gasteiger partial charge in [-0.05, 0) is 25.0 Å². The topological polar surface area (TPSA) is 46.9 Å². The number of amides is 1. The lowest BCUT2D eigenvalue weighted by Crippen LogP contribution is -2.26. The molecule has 1 fully saturated rings. The van der Waals surface area contributed by atoms with E-state index >= 15 is 0 Å². The Morgan fingerprint density at radius 1 is 1.41 bits per heavy atom. The largest absolute Gasteiger partial charge is 0.353 e. The van der Waals surface area contributed by atoms with Crippen LogP contribution in [0.2, 0.25) is 0 Å². The first-order valence-electron chi connectivity index (χ1n) is 6.02. The van der Waals surface area contributed by atoms with Crippen molar-refractivity contribution >= 4 is 16.9 Å². The van der Waals surface area contributed by atoms with Crippen LogP contribution in [0.5, 0.6) is 0 Å². The molecule has 1 N–H and O–H groups in total. The molecule has 1 saturated carbocycles. The summed E-state index contributed by atoms with van der Waals surface area (Å²) in [7, 11) is 0. The fraction of sp³-hybridized carbons (Fsp3) is 0.385. The Bertz CT molecular complexity index is 542. The van der Waals surface area contributed by atoms with E-state index in [2.05, 4.69) is 10.3 Å². The van der Waals surface area contributed by atoms with Crippen molar-refractivity contribution in [1.82, 2.24) is 14.9 Å². The van der Waals surface area contributed by atoms with Crippen LogP contribution in [0.15, 0.2) is 30.6 Å². The monoisotopic (exact) mass is 229 g/mol. The van der Waals surface area contributed by atoms with Gasteiger partial charge in [0.25, 0.3) is 0 Å². The van der Waals surface area contributed by atoms with Gasteiger partial charge in [0.2, 0.25) is 5.91 Å². The maximum atomic E-state index is 11.6. The van der Waals surface area contributed by atoms with Crippen LogP contribution >= 0.6 is 0 Å². The van der Waals surface area contributed by atoms with Crippen molar-refractivity contribution in [2.75, 3.05) is 0 Å². The van der Waals surface area contributed by atoms with Gasteiger partial charge < -0.3 is 9.88 Å². The highest BCUT2D eigenvalue weighted by Crippen LogP contribution is 2.18. The van der Waals surface area contributed by atoms with E-state index in [0.29, 0.717) is 19.0 Å². The summed E-state index contributed by atoms with van der Waals surface area (Å²) in [5.41, 5.74) is 2.07. The number of carbonyl (C=O) groups excluding carboxylic acids is 1. The van der Waals surface area contributed by atoms with Crippen molar-refractivity contribution in [3.05, 3.63) is 30.6 Å². The third-order valence-electron chi connectivity index (χ3n) is 3.05. The second kappa shape index (κ2) is 4.20. The normalized spacial score (nSPS) is 15.1. The Labute approximate surface area is 99.6 Å². The summed E-state index contributed by atoms with van der Waals surface area (Å²) >= 11 is 0. The fourth-order valence-electron chi connectivity index (χ4n) is 1.94. The zero-order valence-electron chi connectivity index (χ0n) is 9.60. The lowest BCUT2D eigenvalue weighted by molar-refractivity contribution is -0.121. The first-order valence-corrected chi connectivity index (χ1v) is 6.02. The molecule has 0 spiro atoms. The van der Waals surface area contributed by atoms with Crippen LogP contribution in [0.3, 0.4) is 0 Å². The molecule has 4 heteroatoms. The predicted octanol–water partition coefficient (Wildman–Crippen LogP) is 1.70. The molecule has 1 aromatic heterocycles. The number of aromatic nitrogens is 2. The third-order valence-corrected chi connectivity index (χ3v) is 3.05. The number of aryl methyl sites for hydroxylation is 1. The van der Waals surface area contributed by atoms with E-state index in [-0.39, 0.29) is 5.91 Å². The molecule has 1 amide bonds. The van der Waals surface area contributed by atoms with Crippen molar-refractivity contribution in [2.45, 2.75) is 31.8 Å². The highest BCUT2D eigenvalue weighted by Gasteiger charge is 2.22. The molecule has 3 rings (SSSR count). The zero-order valence-corrected chi connectivity index (χ0v) is 9.60. The smallest absolute Gasteiger partial charge is 0.222 e. The number of carbonyl (C=O) groups is 1. The van der Waals surface area contributed by atoms with Crippen molar-refractivity contribution < 1.29 is 4.79 Å². The number of nitrogens with zero attached hydrogens (tertiary/aromatic N) is 2. The van der Waals surface area contributed by atoms with Crippen LogP contribution in [-0.4, -0.2) is 21.5 Å². The number of rotatable bonds is 4. The summed E-state index contributed by atoms with van der Waals surface area (Å²) in [6.45, 7) is 0.694. The maximum absolute atomic E-state index is 11.6. The number of benzene rings is 1. The second-order valence-electron chi connectivity index (χ2n) is 4.52. The number of hydrogen-bond donors (Lipinski definition) is 1. The van der Waals surface area contributed by atoms with Gasteiger partial charge in [0, 0.05) is 19.0 Å². The van der Waals surface area contributed by atoms with Gasteiger partial charge in [-0.3, -0.25) is 4.79 Å². The first-order chi connectivity index (χ1) is 8.33. The van der Waals surface area contributed by atoms with Gasteiger partial charge in [-0.1, -0.05) is 12.1 Å². The van der Waals surface area contributed by atoms with E-state index in [1.807, 2.05) is 28.8 Å². The molecule has 17 heavy (non-hydrogen) atoms. The molecule has 1 aliphatic carbocycles. The summed E-state index contributed by atoms with van der Waals surface area (Å²) in [4.78, 5) is 15.9. The standard InChI is InChI=1S/C13H15N3O/c17-13(15-10-5-6-10)7-8-16-9-14-11-3-1-2-4-12(11)16/h1-4,9-10H,5-8H2,(H,15,17). The van der Waals surface area contributed by atoms with E-state index in [1.54, 1.807) is 6.33 Å². The molecule has 2 aromatic rings. The molecule has 88 valence electrons. The number of imidazole rings is 1. The molecule has 0 aliphatic heterocycles. The Morgan fingerprint density at radius 2 is 2.24 bits per heavy atom. The van der Waals surface area contributed by atoms with Gasteiger partial charge in [-0.25, -0.2) is 4.98 Å². The molecular formula is C13H15N3O. The zero-order chi connectivity index (χ0) is 11.7. The minimum Gasteiger partial charge on any atom is -0.353 e. The number of fused-ring (bicyclic) bond motifs is 1. The van der Waals surface area contributed by atoms with Crippen molar-refractivity contribution in [3.8, 4) is 0 Å². The van der Waals surface area contributed by atoms with Gasteiger partial charge in [0.15, 0.2) is 0 Å². The second-order valence-corrected chi connectivity index (χ2v) is 4.52. The third kappa shape index (κ3) is 2.30. The Hall–Kier alpha value is -1.84. The summed E-state index contributed by atoms with van der Waals surface area (Å²) in [6, 6.07) is 8.42. The van der Waals surface area contributed by atoms with E-state index in [9.17, 15) is 4.79 Å². The Kier molecular flexibility index (Phi) is 2.55. The van der Waals surface area contributed by atoms with Gasteiger partial charge >= 0.3 is 0 Å². The van der Waals surface area contributed by atoms with Gasteiger partial charge in [-0.15, -0.1) is 0 Å². The average molecular weight is 229 g/mol. The van der Waals surface area contributed by atoms with Crippen LogP contribution < -0.4 is 5.32 Å². The van der Waals surface area contributed by atoms with Crippen molar-refractivity contribution in [3.63, 3.8) is 0 Å². The van der Waals surface area contributed by atoms with Crippen molar-refractivity contribution in [2.24, 2.45) is 0 Å². The highest BCUT2D eigenvalue weighted by molar-refractivity contribution is 5.77. The molecule has 1 heterocycles. The quantitative estimate of drug-likeness (QED) is 0.867. The lowest BCUT2D eigenvalue weighted by atomic mass is 10.3. The Balaban J connectivity index is 1.65. The summed E-state index contributed by atoms with van der Waals surface area (Å²) in [5.74, 6) is 0.144. The van der Waals surface area contributed by atoms with Crippen LogP contribution in [0.4, 0.5) is 0 Å². The molecule has 0 radical (unpaired) electrons. The molecular weight excluding hydrogens is 214 g/mol. The van der Waals surface area contributed by atoms with E-state index in [0.717, 1.165) is 23.9 Å². The van der Waals surface area contributed by atoms with Gasteiger partial charge in [-0.2, -0.15) is 0 Å². The Morgan fingerprint density at radius 3 is 3.06 bits per heavy atom. The average Bonchev–Trinajstić information content (AvgIpc) is 3.06. The van der Waals surface area contributed by atoms with E-state index in [1.165, 1.54) is 0 Å². The number of nitrogens with one attached hydrogen (secondary N) is 1. The van der Waals surface area contributed by atoms with Gasteiger partial charge in [0.1, 0.15) is 0 Å². The van der Waals surface area contributed by atoms with Crippen LogP contribution in [0, 0.1) is 0 Å². The first kappa shape index (κ1) is 10.3. The number of hydrogen-bond acceptors (Lipinski definition) is 2. The molecule has 1 aliphatic rings. The van der Waals surface area contributed by atoms with E-state index < -0.39 is 0 Å². The maximum Gasteiger partial charge on any atom is 0.222 e. The molecule has 0 saturated heterocycles. The van der Waals surface area contributed by atoms with Crippen LogP contribution in [0.1, 0.15) is 19.3 Å². The number of para-hydroxylation sites is 2. The fourth-order valence-corrected chi connectivity index (χ4v) is 1.94. The molecule has 1 aromatic carbocycles. The molecule has 0 unspecified atom stereocenters. The summed E-state index contributed by atoms with van der Waals surface area (Å²) < 4.78 is 2.03. The van der Waals surface area contributed by atoms with Gasteiger partial charge in [0.05, 0.1) is 17.4 Å². The predicted molar refractivity (Wildman–Crippen MR) is 65.5 cm³/mol. The van der Waals surface area contributed by atoms with Crippen LogP contribution in [-0.2, 0) is 11.3 Å². The minimum atomic E-state index is 0.144. The molecule has 0 bridgehead atoms. The van der Waals surface area contributed by atoms with Crippen molar-refractivity contribution in [1.29, 1.82) is 0 Å². The minimum absolute atomic E-state index is 0.144. The van der Waals surface area contributed by atoms with Crippen LogP contribution in [0.25, 0.3) is 11.0 Å². The summed E-state index contributed by atoms with van der Waals surface area (Å²) in [6.07, 6.45) is 4.60. The molecule has 4 nitrogen and oxygen atoms in total. The SMILES string of the molecule is O=C(CCn1cnc2ccccc21)NC1CC1. The lowest BCUT2D eigenvalue weighted by Gasteiger charge is -2.05. The summed E-state index contributed by atoms with van der Waals surface area (Å²) in [5, 5.41) is 2.99. The van der Waals surface area contributed by atoms with E-state index in [4.69, 9.17) is 0 Å². The molecule has 0 atom stereocenters. The highest BCUT2D eigenvalue weighted by atomic mass is 16.1.